The molecule has 3 rings (SSSR count). The number of nitriles is 1. The summed E-state index contributed by atoms with van der Waals surface area (Å²) in [5, 5.41) is 9.68. The van der Waals surface area contributed by atoms with Crippen LogP contribution in [-0.2, 0) is 10.0 Å². The van der Waals surface area contributed by atoms with Crippen LogP contribution in [0.3, 0.4) is 0 Å². The molecule has 0 radical (unpaired) electrons. The second-order valence-electron chi connectivity index (χ2n) is 5.87. The number of piperidine rings is 1. The normalized spacial score (nSPS) is 21.3. The Labute approximate surface area is 140 Å². The third-order valence-corrected chi connectivity index (χ3v) is 7.74. The summed E-state index contributed by atoms with van der Waals surface area (Å²) in [5.74, 6) is -0.0302. The molecule has 124 valence electrons. The third kappa shape index (κ3) is 3.39. The first-order valence-electron chi connectivity index (χ1n) is 7.66. The lowest BCUT2D eigenvalue weighted by Crippen LogP contribution is -2.41. The predicted octanol–water partition coefficient (Wildman–Crippen LogP) is 0.600. The number of piperazine rings is 1. The second-order valence-corrected chi connectivity index (χ2v) is 9.05. The molecular formula is C14H20N5O2S2+. The van der Waals surface area contributed by atoms with Crippen molar-refractivity contribution in [1.29, 1.82) is 5.26 Å². The van der Waals surface area contributed by atoms with Crippen molar-refractivity contribution < 1.29 is 13.0 Å². The molecule has 0 aromatic carbocycles. The number of hydrogen-bond acceptors (Lipinski definition) is 6. The second kappa shape index (κ2) is 6.55. The van der Waals surface area contributed by atoms with Gasteiger partial charge in [-0.05, 0) is 12.8 Å². The molecule has 9 heteroatoms. The summed E-state index contributed by atoms with van der Waals surface area (Å²) >= 11 is 1.23. The smallest absolute Gasteiger partial charge is 0.254 e. The predicted molar refractivity (Wildman–Crippen MR) is 88.5 cm³/mol. The van der Waals surface area contributed by atoms with Gasteiger partial charge in [-0.15, -0.1) is 0 Å². The molecule has 2 saturated heterocycles. The lowest BCUT2D eigenvalue weighted by atomic mass is 10.0. The van der Waals surface area contributed by atoms with E-state index < -0.39 is 10.0 Å². The van der Waals surface area contributed by atoms with E-state index in [0.29, 0.717) is 30.1 Å². The topological polar surface area (TPSA) is 80.3 Å². The van der Waals surface area contributed by atoms with Crippen molar-refractivity contribution in [2.45, 2.75) is 17.1 Å². The maximum atomic E-state index is 12.7. The molecule has 2 fully saturated rings. The van der Waals surface area contributed by atoms with Crippen LogP contribution >= 0.6 is 11.3 Å². The minimum atomic E-state index is -3.49. The highest BCUT2D eigenvalue weighted by Crippen LogP contribution is 2.30. The number of anilines is 1. The Hall–Kier alpha value is -1.50. The minimum Gasteiger partial charge on any atom is -0.335 e. The van der Waals surface area contributed by atoms with Gasteiger partial charge in [0.1, 0.15) is 6.72 Å². The molecule has 23 heavy (non-hydrogen) atoms. The van der Waals surface area contributed by atoms with Gasteiger partial charge in [0.2, 0.25) is 0 Å². The van der Waals surface area contributed by atoms with E-state index in [0.717, 1.165) is 31.3 Å². The molecule has 1 aromatic rings. The van der Waals surface area contributed by atoms with Gasteiger partial charge in [0.05, 0.1) is 25.4 Å². The number of hydrogen-bond donors (Lipinski definition) is 0. The fourth-order valence-corrected chi connectivity index (χ4v) is 5.60. The van der Waals surface area contributed by atoms with Gasteiger partial charge >= 0.3 is 0 Å². The molecular weight excluding hydrogens is 334 g/mol. The first-order chi connectivity index (χ1) is 11.0. The maximum absolute atomic E-state index is 12.7. The lowest BCUT2D eigenvalue weighted by molar-refractivity contribution is -0.521. The van der Waals surface area contributed by atoms with Crippen LogP contribution in [0.4, 0.5) is 5.13 Å². The van der Waals surface area contributed by atoms with Crippen molar-refractivity contribution >= 4 is 33.2 Å². The summed E-state index contributed by atoms with van der Waals surface area (Å²) in [6.07, 6.45) is 2.67. The summed E-state index contributed by atoms with van der Waals surface area (Å²) in [7, 11) is -3.49. The summed E-state index contributed by atoms with van der Waals surface area (Å²) in [6.45, 7) is 8.05. The van der Waals surface area contributed by atoms with Crippen LogP contribution in [0.15, 0.2) is 10.4 Å². The van der Waals surface area contributed by atoms with Gasteiger partial charge in [-0.3, -0.25) is 0 Å². The molecule has 3 heterocycles. The van der Waals surface area contributed by atoms with Gasteiger partial charge in [0.25, 0.3) is 10.0 Å². The number of rotatable bonds is 3. The molecule has 0 saturated carbocycles. The van der Waals surface area contributed by atoms with Gasteiger partial charge in [0.15, 0.2) is 22.4 Å². The van der Waals surface area contributed by atoms with Crippen LogP contribution in [0.5, 0.6) is 0 Å². The van der Waals surface area contributed by atoms with E-state index in [1.807, 2.05) is 4.58 Å². The van der Waals surface area contributed by atoms with Crippen LogP contribution in [0.1, 0.15) is 12.8 Å². The Balaban J connectivity index is 1.72. The summed E-state index contributed by atoms with van der Waals surface area (Å²) in [5.41, 5.74) is 0. The van der Waals surface area contributed by atoms with E-state index >= 15 is 0 Å². The highest BCUT2D eigenvalue weighted by atomic mass is 32.2. The highest BCUT2D eigenvalue weighted by molar-refractivity contribution is 7.91. The number of nitrogens with zero attached hydrogens (tertiary/aromatic N) is 5. The van der Waals surface area contributed by atoms with Gasteiger partial charge in [-0.25, -0.2) is 18.0 Å². The molecule has 0 atom stereocenters. The van der Waals surface area contributed by atoms with Crippen LogP contribution in [0.2, 0.25) is 0 Å². The van der Waals surface area contributed by atoms with Crippen molar-refractivity contribution in [3.05, 3.63) is 6.20 Å². The van der Waals surface area contributed by atoms with Gasteiger partial charge in [-0.1, -0.05) is 11.3 Å². The zero-order valence-corrected chi connectivity index (χ0v) is 14.5. The monoisotopic (exact) mass is 354 g/mol. The molecule has 0 aliphatic carbocycles. The van der Waals surface area contributed by atoms with Crippen LogP contribution < -0.4 is 4.90 Å². The largest absolute Gasteiger partial charge is 0.335 e. The molecule has 0 amide bonds. The zero-order valence-electron chi connectivity index (χ0n) is 12.9. The van der Waals surface area contributed by atoms with Gasteiger partial charge < -0.3 is 4.90 Å². The average Bonchev–Trinajstić information content (AvgIpc) is 3.06. The SMILES string of the molecule is C=[N+]1CCN(c2ncc(S(=O)(=O)N3CCC(C#N)CC3)s2)CC1. The number of sulfonamides is 1. The Bertz CT molecular complexity index is 719. The molecule has 2 aliphatic heterocycles. The van der Waals surface area contributed by atoms with Gasteiger partial charge in [-0.2, -0.15) is 9.57 Å². The zero-order chi connectivity index (χ0) is 16.4. The first kappa shape index (κ1) is 16.4. The molecule has 1 aromatic heterocycles. The number of aromatic nitrogens is 1. The van der Waals surface area contributed by atoms with Crippen molar-refractivity contribution in [2.75, 3.05) is 44.2 Å². The molecule has 2 aliphatic rings. The third-order valence-electron chi connectivity index (χ3n) is 4.35. The van der Waals surface area contributed by atoms with Crippen LogP contribution in [0, 0.1) is 17.2 Å². The number of thiazole rings is 1. The molecule has 0 unspecified atom stereocenters. The Kier molecular flexibility index (Phi) is 4.66. The molecule has 7 nitrogen and oxygen atoms in total. The van der Waals surface area contributed by atoms with E-state index in [2.05, 4.69) is 22.7 Å². The highest BCUT2D eigenvalue weighted by Gasteiger charge is 2.31. The van der Waals surface area contributed by atoms with Crippen molar-refractivity contribution in [3.63, 3.8) is 0 Å². The quantitative estimate of drug-likeness (QED) is 0.743. The van der Waals surface area contributed by atoms with E-state index in [1.165, 1.54) is 21.8 Å². The fraction of sp³-hybridized carbons (Fsp3) is 0.643. The van der Waals surface area contributed by atoms with E-state index in [1.54, 1.807) is 0 Å². The minimum absolute atomic E-state index is 0.0302. The van der Waals surface area contributed by atoms with E-state index in [9.17, 15) is 8.42 Å². The lowest BCUT2D eigenvalue weighted by Gasteiger charge is -2.27. The first-order valence-corrected chi connectivity index (χ1v) is 9.92. The molecule has 0 spiro atoms. The van der Waals surface area contributed by atoms with E-state index in [4.69, 9.17) is 5.26 Å². The average molecular weight is 354 g/mol. The Morgan fingerprint density at radius 2 is 1.96 bits per heavy atom. The summed E-state index contributed by atoms with van der Waals surface area (Å²) < 4.78 is 29.2. The van der Waals surface area contributed by atoms with Crippen LogP contribution in [0.25, 0.3) is 0 Å². The summed E-state index contributed by atoms with van der Waals surface area (Å²) in [4.78, 5) is 6.41. The molecule has 0 bridgehead atoms. The maximum Gasteiger partial charge on any atom is 0.254 e. The van der Waals surface area contributed by atoms with E-state index in [-0.39, 0.29) is 5.92 Å². The van der Waals surface area contributed by atoms with Crippen LogP contribution in [-0.4, -0.2) is 68.3 Å². The Morgan fingerprint density at radius 3 is 2.57 bits per heavy atom. The standard InChI is InChI=1S/C14H20N5O2S2/c1-17-6-8-18(9-7-17)14-16-11-13(22-14)23(20,21)19-4-2-12(10-15)3-5-19/h11-12H,1-9H2/q+1. The molecule has 0 N–H and O–H groups in total. The van der Waals surface area contributed by atoms with Gasteiger partial charge in [0, 0.05) is 19.0 Å². The fourth-order valence-electron chi connectivity index (χ4n) is 2.81. The van der Waals surface area contributed by atoms with Crippen molar-refractivity contribution in [2.24, 2.45) is 5.92 Å². The summed E-state index contributed by atoms with van der Waals surface area (Å²) in [6, 6.07) is 2.22. The van der Waals surface area contributed by atoms with Crippen molar-refractivity contribution in [3.8, 4) is 6.07 Å². The Morgan fingerprint density at radius 1 is 1.30 bits per heavy atom. The van der Waals surface area contributed by atoms with Crippen molar-refractivity contribution in [1.82, 2.24) is 9.29 Å².